The smallest absolute Gasteiger partial charge is 0.156 e. The van der Waals surface area contributed by atoms with Crippen LogP contribution >= 0.6 is 46.4 Å². The Bertz CT molecular complexity index is 645. The van der Waals surface area contributed by atoms with Gasteiger partial charge in [-0.15, -0.1) is 0 Å². The van der Waals surface area contributed by atoms with Gasteiger partial charge in [-0.2, -0.15) is 5.10 Å². The van der Waals surface area contributed by atoms with Crippen LogP contribution < -0.4 is 5.43 Å². The number of nitrogens with zero attached hydrogens (tertiary/aromatic N) is 1. The van der Waals surface area contributed by atoms with E-state index >= 15 is 0 Å². The summed E-state index contributed by atoms with van der Waals surface area (Å²) < 4.78 is 0. The Morgan fingerprint density at radius 3 is 2.25 bits per heavy atom. The van der Waals surface area contributed by atoms with E-state index in [9.17, 15) is 0 Å². The molecule has 0 radical (unpaired) electrons. The molecule has 0 bridgehead atoms. The lowest BCUT2D eigenvalue weighted by Crippen LogP contribution is -2.00. The molecule has 0 spiro atoms. The molecule has 0 unspecified atom stereocenters. The third-order valence-electron chi connectivity index (χ3n) is 2.64. The number of hydrazone groups is 1. The zero-order valence-electron chi connectivity index (χ0n) is 10.4. The fourth-order valence-corrected chi connectivity index (χ4v) is 2.77. The Morgan fingerprint density at radius 1 is 1.05 bits per heavy atom. The van der Waals surface area contributed by atoms with Crippen molar-refractivity contribution in [2.24, 2.45) is 5.10 Å². The highest BCUT2D eigenvalue weighted by Crippen LogP contribution is 2.33. The monoisotopic (exact) mass is 346 g/mol. The molecule has 0 aliphatic carbocycles. The number of hydrogen-bond donors (Lipinski definition) is 1. The number of halogens is 4. The molecule has 2 rings (SSSR count). The molecule has 2 aromatic rings. The fraction of sp³-hybridized carbons (Fsp3) is 0.0714. The van der Waals surface area contributed by atoms with Crippen LogP contribution in [0.15, 0.2) is 41.5 Å². The van der Waals surface area contributed by atoms with E-state index in [-0.39, 0.29) is 0 Å². The third kappa shape index (κ3) is 3.58. The first-order valence-electron chi connectivity index (χ1n) is 5.69. The molecule has 0 atom stereocenters. The topological polar surface area (TPSA) is 24.4 Å². The quantitative estimate of drug-likeness (QED) is 0.537. The van der Waals surface area contributed by atoms with Gasteiger partial charge in [0, 0.05) is 10.6 Å². The normalized spacial score (nSPS) is 11.6. The molecule has 6 heteroatoms. The Morgan fingerprint density at radius 2 is 1.65 bits per heavy atom. The van der Waals surface area contributed by atoms with E-state index in [1.165, 1.54) is 0 Å². The van der Waals surface area contributed by atoms with Crippen LogP contribution in [0.3, 0.4) is 0 Å². The number of aryl methyl sites for hydroxylation is 1. The summed E-state index contributed by atoms with van der Waals surface area (Å²) in [6.45, 7) is 1.95. The molecule has 2 aromatic carbocycles. The molecule has 1 N–H and O–H groups in total. The van der Waals surface area contributed by atoms with Gasteiger partial charge < -0.3 is 0 Å². The van der Waals surface area contributed by atoms with Gasteiger partial charge in [0.25, 0.3) is 0 Å². The van der Waals surface area contributed by atoms with Gasteiger partial charge in [0.05, 0.1) is 15.7 Å². The van der Waals surface area contributed by atoms with Crippen molar-refractivity contribution in [3.8, 4) is 0 Å². The summed E-state index contributed by atoms with van der Waals surface area (Å²) in [5.41, 5.74) is 5.09. The SMILES string of the molecule is Cc1ccccc1/C(Cl)=N/Nc1c(Cl)cc(Cl)cc1Cl. The largest absolute Gasteiger partial charge is 0.274 e. The van der Waals surface area contributed by atoms with Crippen molar-refractivity contribution >= 4 is 57.3 Å². The van der Waals surface area contributed by atoms with E-state index < -0.39 is 0 Å². The van der Waals surface area contributed by atoms with Gasteiger partial charge in [-0.25, -0.2) is 0 Å². The summed E-state index contributed by atoms with van der Waals surface area (Å²) in [6, 6.07) is 10.8. The van der Waals surface area contributed by atoms with Gasteiger partial charge in [-0.1, -0.05) is 70.7 Å². The van der Waals surface area contributed by atoms with Gasteiger partial charge in [-0.3, -0.25) is 5.43 Å². The first kappa shape index (κ1) is 15.5. The molecule has 0 fully saturated rings. The Labute approximate surface area is 137 Å². The number of hydrogen-bond acceptors (Lipinski definition) is 2. The van der Waals surface area contributed by atoms with E-state index in [1.54, 1.807) is 12.1 Å². The summed E-state index contributed by atoms with van der Waals surface area (Å²) in [4.78, 5) is 0. The lowest BCUT2D eigenvalue weighted by molar-refractivity contribution is 1.33. The minimum Gasteiger partial charge on any atom is -0.274 e. The summed E-state index contributed by atoms with van der Waals surface area (Å²) in [5.74, 6) is 0. The van der Waals surface area contributed by atoms with Crippen molar-refractivity contribution in [2.45, 2.75) is 6.92 Å². The summed E-state index contributed by atoms with van der Waals surface area (Å²) in [5, 5.41) is 5.63. The highest BCUT2D eigenvalue weighted by atomic mass is 35.5. The van der Waals surface area contributed by atoms with E-state index in [2.05, 4.69) is 10.5 Å². The second kappa shape index (κ2) is 6.68. The standard InChI is InChI=1S/C14H10Cl4N2/c1-8-4-2-3-5-10(8)14(18)20-19-13-11(16)6-9(15)7-12(13)17/h2-7,19H,1H3/b20-14-. The maximum Gasteiger partial charge on any atom is 0.156 e. The van der Waals surface area contributed by atoms with Crippen LogP contribution in [-0.2, 0) is 0 Å². The van der Waals surface area contributed by atoms with Crippen LogP contribution in [0.1, 0.15) is 11.1 Å². The number of benzene rings is 2. The highest BCUT2D eigenvalue weighted by Gasteiger charge is 2.08. The second-order valence-electron chi connectivity index (χ2n) is 4.07. The average molecular weight is 348 g/mol. The van der Waals surface area contributed by atoms with E-state index in [0.29, 0.717) is 25.9 Å². The van der Waals surface area contributed by atoms with Crippen LogP contribution in [0.4, 0.5) is 5.69 Å². The first-order valence-corrected chi connectivity index (χ1v) is 7.20. The predicted molar refractivity (Wildman–Crippen MR) is 88.7 cm³/mol. The van der Waals surface area contributed by atoms with Gasteiger partial charge >= 0.3 is 0 Å². The molecule has 20 heavy (non-hydrogen) atoms. The van der Waals surface area contributed by atoms with Crippen LogP contribution in [0.25, 0.3) is 0 Å². The average Bonchev–Trinajstić information content (AvgIpc) is 2.37. The number of anilines is 1. The van der Waals surface area contributed by atoms with E-state index in [1.807, 2.05) is 31.2 Å². The predicted octanol–water partition coefficient (Wildman–Crippen LogP) is 5.97. The van der Waals surface area contributed by atoms with Crippen molar-refractivity contribution in [3.05, 3.63) is 62.6 Å². The molecule has 0 saturated heterocycles. The molecule has 0 aliphatic heterocycles. The lowest BCUT2D eigenvalue weighted by atomic mass is 10.1. The summed E-state index contributed by atoms with van der Waals surface area (Å²) >= 11 is 24.1. The molecule has 2 nitrogen and oxygen atoms in total. The molecule has 0 amide bonds. The Balaban J connectivity index is 2.28. The number of nitrogens with one attached hydrogen (secondary N) is 1. The minimum atomic E-state index is 0.324. The van der Waals surface area contributed by atoms with Crippen LogP contribution in [-0.4, -0.2) is 5.17 Å². The molecular weight excluding hydrogens is 338 g/mol. The van der Waals surface area contributed by atoms with Crippen molar-refractivity contribution < 1.29 is 0 Å². The molecule has 104 valence electrons. The third-order valence-corrected chi connectivity index (χ3v) is 3.74. The van der Waals surface area contributed by atoms with Crippen molar-refractivity contribution in [1.29, 1.82) is 0 Å². The van der Waals surface area contributed by atoms with E-state index in [0.717, 1.165) is 11.1 Å². The first-order chi connectivity index (χ1) is 9.49. The lowest BCUT2D eigenvalue weighted by Gasteiger charge is -2.08. The van der Waals surface area contributed by atoms with Crippen molar-refractivity contribution in [2.75, 3.05) is 5.43 Å². The van der Waals surface area contributed by atoms with Crippen molar-refractivity contribution in [1.82, 2.24) is 0 Å². The fourth-order valence-electron chi connectivity index (χ4n) is 1.62. The van der Waals surface area contributed by atoms with Crippen LogP contribution in [0.5, 0.6) is 0 Å². The van der Waals surface area contributed by atoms with Crippen LogP contribution in [0, 0.1) is 6.92 Å². The Hall–Kier alpha value is -0.930. The maximum absolute atomic E-state index is 6.17. The van der Waals surface area contributed by atoms with Gasteiger partial charge in [0.2, 0.25) is 0 Å². The van der Waals surface area contributed by atoms with E-state index in [4.69, 9.17) is 46.4 Å². The molecule has 0 aromatic heterocycles. The molecular formula is C14H10Cl4N2. The zero-order valence-corrected chi connectivity index (χ0v) is 13.4. The molecule has 0 aliphatic rings. The van der Waals surface area contributed by atoms with Gasteiger partial charge in [0.1, 0.15) is 0 Å². The molecule has 0 saturated carbocycles. The van der Waals surface area contributed by atoms with Crippen molar-refractivity contribution in [3.63, 3.8) is 0 Å². The highest BCUT2D eigenvalue weighted by molar-refractivity contribution is 6.69. The zero-order chi connectivity index (χ0) is 14.7. The summed E-state index contributed by atoms with van der Waals surface area (Å²) in [7, 11) is 0. The van der Waals surface area contributed by atoms with Gasteiger partial charge in [0.15, 0.2) is 5.17 Å². The maximum atomic E-state index is 6.17. The minimum absolute atomic E-state index is 0.324. The summed E-state index contributed by atoms with van der Waals surface area (Å²) in [6.07, 6.45) is 0. The van der Waals surface area contributed by atoms with Gasteiger partial charge in [-0.05, 0) is 24.6 Å². The Kier molecular flexibility index (Phi) is 5.17. The van der Waals surface area contributed by atoms with Crippen LogP contribution in [0.2, 0.25) is 15.1 Å². The number of rotatable bonds is 3. The second-order valence-corrected chi connectivity index (χ2v) is 5.68. The molecule has 0 heterocycles.